The van der Waals surface area contributed by atoms with Crippen molar-refractivity contribution in [1.29, 1.82) is 0 Å². The molecule has 1 fully saturated rings. The first-order valence-corrected chi connectivity index (χ1v) is 9.29. The van der Waals surface area contributed by atoms with Crippen molar-refractivity contribution in [3.05, 3.63) is 65.7 Å². The summed E-state index contributed by atoms with van der Waals surface area (Å²) < 4.78 is 28.9. The van der Waals surface area contributed by atoms with Gasteiger partial charge in [0.05, 0.1) is 0 Å². The highest BCUT2D eigenvalue weighted by molar-refractivity contribution is 6.09. The average molecular weight is 417 g/mol. The van der Waals surface area contributed by atoms with E-state index in [0.717, 1.165) is 10.5 Å². The van der Waals surface area contributed by atoms with Crippen molar-refractivity contribution in [2.75, 3.05) is 13.1 Å². The molecule has 1 heterocycles. The van der Waals surface area contributed by atoms with E-state index < -0.39 is 36.5 Å². The molecule has 0 aromatic heterocycles. The van der Waals surface area contributed by atoms with Gasteiger partial charge in [0.2, 0.25) is 5.91 Å². The summed E-state index contributed by atoms with van der Waals surface area (Å²) in [4.78, 5) is 38.2. The lowest BCUT2D eigenvalue weighted by atomic mass is 9.92. The van der Waals surface area contributed by atoms with Gasteiger partial charge in [-0.2, -0.15) is 8.78 Å². The molecule has 1 aliphatic rings. The monoisotopic (exact) mass is 417 g/mol. The van der Waals surface area contributed by atoms with Crippen molar-refractivity contribution < 1.29 is 27.9 Å². The van der Waals surface area contributed by atoms with Gasteiger partial charge in [0.1, 0.15) is 17.8 Å². The lowest BCUT2D eigenvalue weighted by Gasteiger charge is -2.22. The second kappa shape index (κ2) is 8.89. The third kappa shape index (κ3) is 4.73. The number of ether oxygens (including phenoxy) is 1. The second-order valence-corrected chi connectivity index (χ2v) is 6.93. The Kier molecular flexibility index (Phi) is 6.29. The van der Waals surface area contributed by atoms with Crippen LogP contribution < -0.4 is 15.4 Å². The van der Waals surface area contributed by atoms with E-state index in [4.69, 9.17) is 0 Å². The van der Waals surface area contributed by atoms with Crippen LogP contribution >= 0.6 is 0 Å². The maximum atomic E-state index is 12.8. The molecule has 0 unspecified atom stereocenters. The van der Waals surface area contributed by atoms with Gasteiger partial charge in [-0.25, -0.2) is 4.79 Å². The van der Waals surface area contributed by atoms with E-state index in [-0.39, 0.29) is 5.75 Å². The van der Waals surface area contributed by atoms with E-state index >= 15 is 0 Å². The molecule has 4 amide bonds. The number of urea groups is 1. The van der Waals surface area contributed by atoms with Crippen molar-refractivity contribution in [2.45, 2.75) is 25.5 Å². The van der Waals surface area contributed by atoms with Gasteiger partial charge < -0.3 is 15.4 Å². The third-order valence-corrected chi connectivity index (χ3v) is 4.81. The maximum Gasteiger partial charge on any atom is 0.387 e. The molecule has 7 nitrogen and oxygen atoms in total. The van der Waals surface area contributed by atoms with E-state index in [9.17, 15) is 23.2 Å². The molecule has 1 aliphatic heterocycles. The van der Waals surface area contributed by atoms with E-state index in [1.807, 2.05) is 30.3 Å². The number of halogens is 2. The standard InChI is InChI=1S/C21H21F2N3O4/c1-21(15-7-9-16(10-8-15)30-19(22)23)18(28)26(20(29)25-21)13-17(27)24-12-11-14-5-3-2-4-6-14/h2-10,19H,11-13H2,1H3,(H,24,27)(H,25,29)/t21-/m1/s1. The number of carbonyl (C=O) groups is 3. The van der Waals surface area contributed by atoms with Crippen LogP contribution in [0, 0.1) is 0 Å². The zero-order chi connectivity index (χ0) is 21.7. The molecule has 3 rings (SSSR count). The molecule has 0 saturated carbocycles. The van der Waals surface area contributed by atoms with Gasteiger partial charge in [0.15, 0.2) is 0 Å². The predicted molar refractivity (Wildman–Crippen MR) is 104 cm³/mol. The highest BCUT2D eigenvalue weighted by Gasteiger charge is 2.49. The van der Waals surface area contributed by atoms with Crippen LogP contribution in [0.4, 0.5) is 13.6 Å². The van der Waals surface area contributed by atoms with Gasteiger partial charge in [-0.15, -0.1) is 0 Å². The fourth-order valence-corrected chi connectivity index (χ4v) is 3.20. The molecular weight excluding hydrogens is 396 g/mol. The Bertz CT molecular complexity index is 922. The minimum Gasteiger partial charge on any atom is -0.435 e. The number of amides is 4. The number of carbonyl (C=O) groups excluding carboxylic acids is 3. The fourth-order valence-electron chi connectivity index (χ4n) is 3.20. The highest BCUT2D eigenvalue weighted by Crippen LogP contribution is 2.30. The number of benzene rings is 2. The summed E-state index contributed by atoms with van der Waals surface area (Å²) in [5, 5.41) is 5.25. The van der Waals surface area contributed by atoms with Crippen LogP contribution in [0.25, 0.3) is 0 Å². The molecule has 1 atom stereocenters. The highest BCUT2D eigenvalue weighted by atomic mass is 19.3. The molecule has 0 radical (unpaired) electrons. The zero-order valence-electron chi connectivity index (χ0n) is 16.2. The number of imide groups is 1. The molecule has 0 aliphatic carbocycles. The van der Waals surface area contributed by atoms with Crippen LogP contribution in [0.1, 0.15) is 18.1 Å². The van der Waals surface area contributed by atoms with Crippen LogP contribution in [-0.2, 0) is 21.5 Å². The van der Waals surface area contributed by atoms with E-state index in [1.54, 1.807) is 0 Å². The number of nitrogens with zero attached hydrogens (tertiary/aromatic N) is 1. The minimum absolute atomic E-state index is 0.0660. The Morgan fingerprint density at radius 3 is 2.43 bits per heavy atom. The van der Waals surface area contributed by atoms with Crippen LogP contribution in [0.2, 0.25) is 0 Å². The summed E-state index contributed by atoms with van der Waals surface area (Å²) in [6.45, 7) is -1.52. The first-order valence-electron chi connectivity index (χ1n) is 9.29. The Hall–Kier alpha value is -3.49. The topological polar surface area (TPSA) is 87.7 Å². The second-order valence-electron chi connectivity index (χ2n) is 6.93. The predicted octanol–water partition coefficient (Wildman–Crippen LogP) is 2.41. The van der Waals surface area contributed by atoms with Crippen LogP contribution in [0.15, 0.2) is 54.6 Å². The van der Waals surface area contributed by atoms with Crippen molar-refractivity contribution in [3.63, 3.8) is 0 Å². The Morgan fingerprint density at radius 1 is 1.13 bits per heavy atom. The van der Waals surface area contributed by atoms with Crippen molar-refractivity contribution >= 4 is 17.8 Å². The summed E-state index contributed by atoms with van der Waals surface area (Å²) in [5.74, 6) is -1.13. The fraction of sp³-hybridized carbons (Fsp3) is 0.286. The summed E-state index contributed by atoms with van der Waals surface area (Å²) in [6, 6.07) is 14.3. The number of nitrogens with one attached hydrogen (secondary N) is 2. The summed E-state index contributed by atoms with van der Waals surface area (Å²) >= 11 is 0. The molecular formula is C21H21F2N3O4. The molecule has 30 heavy (non-hydrogen) atoms. The molecule has 9 heteroatoms. The van der Waals surface area contributed by atoms with Crippen LogP contribution in [0.5, 0.6) is 5.75 Å². The SMILES string of the molecule is C[C@]1(c2ccc(OC(F)F)cc2)NC(=O)N(CC(=O)NCCc2ccccc2)C1=O. The lowest BCUT2D eigenvalue weighted by Crippen LogP contribution is -2.43. The lowest BCUT2D eigenvalue weighted by molar-refractivity contribution is -0.134. The van der Waals surface area contributed by atoms with Gasteiger partial charge in [0, 0.05) is 6.54 Å². The molecule has 1 saturated heterocycles. The smallest absolute Gasteiger partial charge is 0.387 e. The molecule has 0 bridgehead atoms. The molecule has 2 aromatic carbocycles. The number of alkyl halides is 2. The van der Waals surface area contributed by atoms with Crippen molar-refractivity contribution in [1.82, 2.24) is 15.5 Å². The summed E-state index contributed by atoms with van der Waals surface area (Å²) in [7, 11) is 0. The van der Waals surface area contributed by atoms with E-state index in [1.165, 1.54) is 31.2 Å². The third-order valence-electron chi connectivity index (χ3n) is 4.81. The first kappa shape index (κ1) is 21.2. The number of rotatable bonds is 8. The number of hydrogen-bond acceptors (Lipinski definition) is 4. The van der Waals surface area contributed by atoms with Gasteiger partial charge in [0.25, 0.3) is 5.91 Å². The van der Waals surface area contributed by atoms with E-state index in [0.29, 0.717) is 18.5 Å². The largest absolute Gasteiger partial charge is 0.435 e. The van der Waals surface area contributed by atoms with E-state index in [2.05, 4.69) is 15.4 Å². The average Bonchev–Trinajstić information content (AvgIpc) is 2.93. The summed E-state index contributed by atoms with van der Waals surface area (Å²) in [5.41, 5.74) is 0.0270. The summed E-state index contributed by atoms with van der Waals surface area (Å²) in [6.07, 6.45) is 0.622. The first-order chi connectivity index (χ1) is 14.3. The van der Waals surface area contributed by atoms with Crippen LogP contribution in [-0.4, -0.2) is 42.4 Å². The Morgan fingerprint density at radius 2 is 1.80 bits per heavy atom. The normalized spacial score (nSPS) is 18.5. The van der Waals surface area contributed by atoms with Gasteiger partial charge in [-0.05, 0) is 36.6 Å². The van der Waals surface area contributed by atoms with Crippen LogP contribution in [0.3, 0.4) is 0 Å². The number of hydrogen-bond donors (Lipinski definition) is 2. The minimum atomic E-state index is -2.96. The molecule has 2 N–H and O–H groups in total. The van der Waals surface area contributed by atoms with Gasteiger partial charge >= 0.3 is 12.6 Å². The van der Waals surface area contributed by atoms with Crippen molar-refractivity contribution in [2.24, 2.45) is 0 Å². The molecule has 2 aromatic rings. The maximum absolute atomic E-state index is 12.8. The molecule has 0 spiro atoms. The van der Waals surface area contributed by atoms with Crippen molar-refractivity contribution in [3.8, 4) is 5.75 Å². The van der Waals surface area contributed by atoms with Gasteiger partial charge in [-0.1, -0.05) is 42.5 Å². The quantitative estimate of drug-likeness (QED) is 0.646. The Labute approximate surface area is 172 Å². The molecule has 158 valence electrons. The Balaban J connectivity index is 1.60. The van der Waals surface area contributed by atoms with Gasteiger partial charge in [-0.3, -0.25) is 14.5 Å². The zero-order valence-corrected chi connectivity index (χ0v) is 16.2.